The number of rotatable bonds is 7. The van der Waals surface area contributed by atoms with Gasteiger partial charge in [0.15, 0.2) is 11.4 Å². The number of likely N-dealkylation sites (tertiary alicyclic amines) is 1. The summed E-state index contributed by atoms with van der Waals surface area (Å²) in [5.41, 5.74) is 2.92. The fourth-order valence-electron chi connectivity index (χ4n) is 8.30. The maximum atomic E-state index is 16.3. The van der Waals surface area contributed by atoms with Gasteiger partial charge in [0.05, 0.1) is 11.6 Å². The van der Waals surface area contributed by atoms with Crippen molar-refractivity contribution in [3.63, 3.8) is 0 Å². The van der Waals surface area contributed by atoms with Crippen molar-refractivity contribution < 1.29 is 39.2 Å². The zero-order chi connectivity index (χ0) is 33.1. The summed E-state index contributed by atoms with van der Waals surface area (Å²) < 4.78 is 16.3. The van der Waals surface area contributed by atoms with E-state index in [0.29, 0.717) is 19.0 Å². The molecule has 0 aromatic heterocycles. The van der Waals surface area contributed by atoms with Gasteiger partial charge in [0.2, 0.25) is 5.78 Å². The Morgan fingerprint density at radius 2 is 1.72 bits per heavy atom. The maximum Gasteiger partial charge on any atom is 0.255 e. The number of phenols is 1. The molecule has 2 aromatic rings. The van der Waals surface area contributed by atoms with Crippen LogP contribution in [-0.4, -0.2) is 85.5 Å². The second kappa shape index (κ2) is 11.9. The summed E-state index contributed by atoms with van der Waals surface area (Å²) in [5.74, 6) is -7.64. The molecule has 1 heterocycles. The van der Waals surface area contributed by atoms with Gasteiger partial charge in [-0.1, -0.05) is 44.2 Å². The van der Waals surface area contributed by atoms with E-state index in [9.17, 15) is 34.8 Å². The SMILES string of the molecule is CCN(CC)[C@@H]1C(=O)C(C(N)=O)=C(O)[C@@]2(O)C(=O)C3=C(O)c4c(O)cc(CN5CCC(c6ccccc6)CC5)c(F)c4C[C@H]3C[C@@H]12. The van der Waals surface area contributed by atoms with Crippen molar-refractivity contribution >= 4 is 23.2 Å². The molecule has 0 spiro atoms. The average Bonchev–Trinajstić information content (AvgIpc) is 3.03. The van der Waals surface area contributed by atoms with E-state index in [1.54, 1.807) is 18.7 Å². The Balaban J connectivity index is 1.35. The number of benzene rings is 2. The molecular formula is C35H40FN3O7. The van der Waals surface area contributed by atoms with E-state index in [2.05, 4.69) is 17.0 Å². The normalized spacial score (nSPS) is 27.1. The lowest BCUT2D eigenvalue weighted by molar-refractivity contribution is -0.154. The van der Waals surface area contributed by atoms with Crippen molar-refractivity contribution in [1.82, 2.24) is 9.80 Å². The van der Waals surface area contributed by atoms with E-state index in [4.69, 9.17) is 5.73 Å². The minimum atomic E-state index is -2.73. The Kier molecular flexibility index (Phi) is 8.28. The lowest BCUT2D eigenvalue weighted by Gasteiger charge is -2.51. The zero-order valence-electron chi connectivity index (χ0n) is 26.0. The number of piperidine rings is 1. The molecule has 1 saturated heterocycles. The Hall–Kier alpha value is -4.06. The van der Waals surface area contributed by atoms with Gasteiger partial charge in [-0.25, -0.2) is 4.39 Å². The number of hydrogen-bond acceptors (Lipinski definition) is 9. The van der Waals surface area contributed by atoms with Crippen LogP contribution in [0.15, 0.2) is 53.3 Å². The molecular weight excluding hydrogens is 593 g/mol. The van der Waals surface area contributed by atoms with E-state index in [0.717, 1.165) is 25.9 Å². The number of aromatic hydroxyl groups is 1. The van der Waals surface area contributed by atoms with Crippen molar-refractivity contribution in [2.45, 2.75) is 63.6 Å². The molecule has 3 aliphatic carbocycles. The summed E-state index contributed by atoms with van der Waals surface area (Å²) in [7, 11) is 0. The van der Waals surface area contributed by atoms with Gasteiger partial charge in [-0.15, -0.1) is 0 Å². The molecule has 10 nitrogen and oxygen atoms in total. The van der Waals surface area contributed by atoms with Gasteiger partial charge >= 0.3 is 0 Å². The molecule has 1 amide bonds. The molecule has 2 fully saturated rings. The molecule has 1 aliphatic heterocycles. The number of nitrogens with two attached hydrogens (primary N) is 1. The summed E-state index contributed by atoms with van der Waals surface area (Å²) in [5, 5.41) is 45.5. The summed E-state index contributed by atoms with van der Waals surface area (Å²) in [6.45, 7) is 5.96. The number of fused-ring (bicyclic) bond motifs is 3. The Bertz CT molecular complexity index is 1660. The molecule has 244 valence electrons. The van der Waals surface area contributed by atoms with Gasteiger partial charge < -0.3 is 26.2 Å². The molecule has 11 heteroatoms. The smallest absolute Gasteiger partial charge is 0.255 e. The quantitative estimate of drug-likeness (QED) is 0.288. The number of aliphatic hydroxyl groups excluding tert-OH is 2. The van der Waals surface area contributed by atoms with Crippen LogP contribution < -0.4 is 5.73 Å². The van der Waals surface area contributed by atoms with Crippen LogP contribution in [0.1, 0.15) is 61.3 Å². The summed E-state index contributed by atoms with van der Waals surface area (Å²) in [4.78, 5) is 43.8. The molecule has 46 heavy (non-hydrogen) atoms. The molecule has 0 radical (unpaired) electrons. The summed E-state index contributed by atoms with van der Waals surface area (Å²) >= 11 is 0. The largest absolute Gasteiger partial charge is 0.508 e. The Morgan fingerprint density at radius 3 is 2.33 bits per heavy atom. The number of carbonyl (C=O) groups is 3. The number of ketones is 2. The third kappa shape index (κ3) is 4.83. The molecule has 0 unspecified atom stereocenters. The lowest BCUT2D eigenvalue weighted by atomic mass is 9.57. The van der Waals surface area contributed by atoms with Gasteiger partial charge in [0.1, 0.15) is 28.7 Å². The topological polar surface area (TPSA) is 165 Å². The lowest BCUT2D eigenvalue weighted by Crippen LogP contribution is -2.66. The van der Waals surface area contributed by atoms with E-state index >= 15 is 4.39 Å². The second-order valence-electron chi connectivity index (χ2n) is 12.9. The number of amides is 1. The summed E-state index contributed by atoms with van der Waals surface area (Å²) in [6, 6.07) is 10.4. The van der Waals surface area contributed by atoms with E-state index in [1.807, 2.05) is 18.2 Å². The van der Waals surface area contributed by atoms with E-state index in [-0.39, 0.29) is 41.6 Å². The minimum Gasteiger partial charge on any atom is -0.508 e. The average molecular weight is 634 g/mol. The number of Topliss-reactive ketones (excluding diaryl/α,β-unsaturated/α-hetero) is 2. The van der Waals surface area contributed by atoms with E-state index < -0.39 is 69.6 Å². The van der Waals surface area contributed by atoms with Crippen molar-refractivity contribution in [3.05, 3.63) is 81.4 Å². The number of halogens is 1. The monoisotopic (exact) mass is 633 g/mol. The van der Waals surface area contributed by atoms with Gasteiger partial charge in [0, 0.05) is 29.2 Å². The molecule has 0 bridgehead atoms. The first-order valence-corrected chi connectivity index (χ1v) is 16.0. The highest BCUT2D eigenvalue weighted by atomic mass is 19.1. The third-order valence-corrected chi connectivity index (χ3v) is 10.6. The standard InChI is InChI=1S/C35H40FN3O7/c1-3-39(4-2)29-23-15-20-14-22-26(30(41)25(20)32(43)35(23,46)33(44)27(31(29)42)34(37)45)24(40)16-21(28(22)36)17-38-12-10-19(11-13-38)18-8-6-5-7-9-18/h5-9,16,19-20,23,29,40-41,44,46H,3-4,10-15,17H2,1-2H3,(H2,37,45)/t20-,23-,29-,35-/m0/s1. The zero-order valence-corrected chi connectivity index (χ0v) is 26.0. The highest BCUT2D eigenvalue weighted by Gasteiger charge is 2.64. The first-order chi connectivity index (χ1) is 21.9. The predicted octanol–water partition coefficient (Wildman–Crippen LogP) is 3.26. The third-order valence-electron chi connectivity index (χ3n) is 10.6. The minimum absolute atomic E-state index is 0.0535. The fraction of sp³-hybridized carbons (Fsp3) is 0.457. The van der Waals surface area contributed by atoms with Crippen LogP contribution in [-0.2, 0) is 27.3 Å². The maximum absolute atomic E-state index is 16.3. The number of likely N-dealkylation sites (N-methyl/N-ethyl adjacent to an activating group) is 1. The summed E-state index contributed by atoms with van der Waals surface area (Å²) in [6.07, 6.45) is 1.66. The Morgan fingerprint density at radius 1 is 1.07 bits per heavy atom. The predicted molar refractivity (Wildman–Crippen MR) is 167 cm³/mol. The number of primary amides is 1. The second-order valence-corrected chi connectivity index (χ2v) is 12.9. The molecule has 6 N–H and O–H groups in total. The highest BCUT2D eigenvalue weighted by Crippen LogP contribution is 2.53. The number of hydrogen-bond donors (Lipinski definition) is 5. The first-order valence-electron chi connectivity index (χ1n) is 16.0. The van der Waals surface area contributed by atoms with Crippen molar-refractivity contribution in [2.75, 3.05) is 26.2 Å². The molecule has 2 aromatic carbocycles. The van der Waals surface area contributed by atoms with Crippen molar-refractivity contribution in [2.24, 2.45) is 17.6 Å². The highest BCUT2D eigenvalue weighted by molar-refractivity contribution is 6.24. The number of carbonyl (C=O) groups excluding carboxylic acids is 3. The number of aliphatic hydroxyl groups is 3. The van der Waals surface area contributed by atoms with Crippen LogP contribution in [0.5, 0.6) is 5.75 Å². The van der Waals surface area contributed by atoms with Crippen molar-refractivity contribution in [1.29, 1.82) is 0 Å². The first kappa shape index (κ1) is 31.9. The van der Waals surface area contributed by atoms with Crippen LogP contribution in [0.4, 0.5) is 4.39 Å². The van der Waals surface area contributed by atoms with Crippen LogP contribution in [0.3, 0.4) is 0 Å². The van der Waals surface area contributed by atoms with Crippen LogP contribution >= 0.6 is 0 Å². The van der Waals surface area contributed by atoms with Gasteiger partial charge in [-0.2, -0.15) is 0 Å². The van der Waals surface area contributed by atoms with Gasteiger partial charge in [-0.05, 0) is 75.3 Å². The van der Waals surface area contributed by atoms with Gasteiger partial charge in [0.25, 0.3) is 5.91 Å². The molecule has 1 saturated carbocycles. The molecule has 4 aliphatic rings. The van der Waals surface area contributed by atoms with Crippen molar-refractivity contribution in [3.8, 4) is 5.75 Å². The molecule has 4 atom stereocenters. The van der Waals surface area contributed by atoms with Crippen LogP contribution in [0.2, 0.25) is 0 Å². The van der Waals surface area contributed by atoms with Gasteiger partial charge in [-0.3, -0.25) is 24.2 Å². The number of nitrogens with zero attached hydrogens (tertiary/aromatic N) is 2. The number of phenolic OH excluding ortho intramolecular Hbond substituents is 1. The molecule has 6 rings (SSSR count). The Labute approximate surface area is 266 Å². The fourth-order valence-corrected chi connectivity index (χ4v) is 8.30. The van der Waals surface area contributed by atoms with E-state index in [1.165, 1.54) is 11.6 Å². The van der Waals surface area contributed by atoms with Crippen LogP contribution in [0, 0.1) is 17.7 Å². The van der Waals surface area contributed by atoms with Crippen LogP contribution in [0.25, 0.3) is 5.76 Å².